The number of aryl methyl sites for hydroxylation is 1. The minimum atomic E-state index is 0.908. The molecule has 0 aliphatic carbocycles. The van der Waals surface area contributed by atoms with Crippen molar-refractivity contribution in [1.82, 2.24) is 0 Å². The van der Waals surface area contributed by atoms with Crippen LogP contribution in [0.2, 0.25) is 0 Å². The van der Waals surface area contributed by atoms with E-state index in [1.165, 1.54) is 5.56 Å². The second kappa shape index (κ2) is 4.53. The topological polar surface area (TPSA) is 13.1 Å². The molecule has 3 aromatic rings. The molecule has 0 spiro atoms. The van der Waals surface area contributed by atoms with Crippen molar-refractivity contribution in [2.45, 2.75) is 6.92 Å². The van der Waals surface area contributed by atoms with Crippen LogP contribution in [0.1, 0.15) is 5.56 Å². The minimum absolute atomic E-state index is 0.908. The SMILES string of the molecule is Cc1ccc(-c2ccc(-c3ccccc3)o2)cc1. The first-order valence-corrected chi connectivity index (χ1v) is 6.05. The monoisotopic (exact) mass is 234 g/mol. The zero-order valence-electron chi connectivity index (χ0n) is 10.3. The number of hydrogen-bond donors (Lipinski definition) is 0. The largest absolute Gasteiger partial charge is 0.456 e. The van der Waals surface area contributed by atoms with E-state index in [1.807, 2.05) is 30.3 Å². The van der Waals surface area contributed by atoms with E-state index in [1.54, 1.807) is 0 Å². The lowest BCUT2D eigenvalue weighted by molar-refractivity contribution is 0.597. The van der Waals surface area contributed by atoms with Gasteiger partial charge in [-0.3, -0.25) is 0 Å². The smallest absolute Gasteiger partial charge is 0.134 e. The maximum Gasteiger partial charge on any atom is 0.134 e. The van der Waals surface area contributed by atoms with Crippen LogP contribution >= 0.6 is 0 Å². The highest BCUT2D eigenvalue weighted by molar-refractivity contribution is 5.64. The van der Waals surface area contributed by atoms with E-state index in [4.69, 9.17) is 4.42 Å². The molecule has 0 N–H and O–H groups in total. The van der Waals surface area contributed by atoms with Crippen molar-refractivity contribution in [3.63, 3.8) is 0 Å². The third-order valence-electron chi connectivity index (χ3n) is 3.00. The van der Waals surface area contributed by atoms with E-state index in [-0.39, 0.29) is 0 Å². The van der Waals surface area contributed by atoms with E-state index in [9.17, 15) is 0 Å². The first kappa shape index (κ1) is 10.8. The van der Waals surface area contributed by atoms with E-state index in [0.717, 1.165) is 22.6 Å². The predicted octanol–water partition coefficient (Wildman–Crippen LogP) is 4.92. The maximum atomic E-state index is 5.90. The van der Waals surface area contributed by atoms with Crippen molar-refractivity contribution in [3.8, 4) is 22.6 Å². The van der Waals surface area contributed by atoms with Crippen LogP contribution in [0.4, 0.5) is 0 Å². The summed E-state index contributed by atoms with van der Waals surface area (Å²) in [6, 6.07) is 22.6. The third-order valence-corrected chi connectivity index (χ3v) is 3.00. The van der Waals surface area contributed by atoms with Gasteiger partial charge in [-0.05, 0) is 19.1 Å². The fraction of sp³-hybridized carbons (Fsp3) is 0.0588. The van der Waals surface area contributed by atoms with Gasteiger partial charge in [0.1, 0.15) is 11.5 Å². The van der Waals surface area contributed by atoms with Crippen molar-refractivity contribution in [3.05, 3.63) is 72.3 Å². The zero-order valence-corrected chi connectivity index (χ0v) is 10.3. The van der Waals surface area contributed by atoms with Gasteiger partial charge in [-0.1, -0.05) is 60.2 Å². The summed E-state index contributed by atoms with van der Waals surface area (Å²) in [4.78, 5) is 0. The Kier molecular flexibility index (Phi) is 2.73. The van der Waals surface area contributed by atoms with Crippen molar-refractivity contribution in [1.29, 1.82) is 0 Å². The molecule has 1 heterocycles. The molecule has 0 saturated carbocycles. The molecule has 18 heavy (non-hydrogen) atoms. The summed E-state index contributed by atoms with van der Waals surface area (Å²) in [6.45, 7) is 2.08. The van der Waals surface area contributed by atoms with Crippen molar-refractivity contribution in [2.24, 2.45) is 0 Å². The fourth-order valence-corrected chi connectivity index (χ4v) is 1.97. The first-order valence-electron chi connectivity index (χ1n) is 6.05. The van der Waals surface area contributed by atoms with Crippen molar-refractivity contribution >= 4 is 0 Å². The Morgan fingerprint density at radius 3 is 1.78 bits per heavy atom. The Labute approximate surface area is 107 Å². The highest BCUT2D eigenvalue weighted by Gasteiger charge is 2.05. The van der Waals surface area contributed by atoms with E-state index >= 15 is 0 Å². The van der Waals surface area contributed by atoms with Gasteiger partial charge in [-0.15, -0.1) is 0 Å². The summed E-state index contributed by atoms with van der Waals surface area (Å²) in [6.07, 6.45) is 0. The zero-order chi connectivity index (χ0) is 12.4. The number of benzene rings is 2. The molecule has 1 aromatic heterocycles. The van der Waals surface area contributed by atoms with Crippen LogP contribution in [0.25, 0.3) is 22.6 Å². The molecule has 2 aromatic carbocycles. The van der Waals surface area contributed by atoms with Crippen LogP contribution in [0.5, 0.6) is 0 Å². The third kappa shape index (κ3) is 2.07. The van der Waals surface area contributed by atoms with Crippen LogP contribution in [0.3, 0.4) is 0 Å². The quantitative estimate of drug-likeness (QED) is 0.613. The Balaban J connectivity index is 1.97. The van der Waals surface area contributed by atoms with Gasteiger partial charge in [-0.2, -0.15) is 0 Å². The Morgan fingerprint density at radius 1 is 0.611 bits per heavy atom. The van der Waals surface area contributed by atoms with Gasteiger partial charge in [0.05, 0.1) is 0 Å². The lowest BCUT2D eigenvalue weighted by Gasteiger charge is -1.99. The normalized spacial score (nSPS) is 10.5. The molecule has 88 valence electrons. The predicted molar refractivity (Wildman–Crippen MR) is 74.3 cm³/mol. The molecule has 1 nitrogen and oxygen atoms in total. The van der Waals surface area contributed by atoms with E-state index < -0.39 is 0 Å². The highest BCUT2D eigenvalue weighted by atomic mass is 16.3. The van der Waals surface area contributed by atoms with Crippen LogP contribution in [-0.4, -0.2) is 0 Å². The number of rotatable bonds is 2. The average molecular weight is 234 g/mol. The molecule has 0 unspecified atom stereocenters. The molecule has 0 aliphatic heterocycles. The lowest BCUT2D eigenvalue weighted by atomic mass is 10.1. The van der Waals surface area contributed by atoms with Gasteiger partial charge in [0.25, 0.3) is 0 Å². The molecule has 0 atom stereocenters. The van der Waals surface area contributed by atoms with Crippen LogP contribution < -0.4 is 0 Å². The maximum absolute atomic E-state index is 5.90. The minimum Gasteiger partial charge on any atom is -0.456 e. The first-order chi connectivity index (χ1) is 8.83. The Morgan fingerprint density at radius 2 is 1.17 bits per heavy atom. The summed E-state index contributed by atoms with van der Waals surface area (Å²) >= 11 is 0. The molecule has 1 heteroatoms. The standard InChI is InChI=1S/C17H14O/c1-13-7-9-15(10-8-13)17-12-11-16(18-17)14-5-3-2-4-6-14/h2-12H,1H3. The molecule has 0 radical (unpaired) electrons. The van der Waals surface area contributed by atoms with Gasteiger partial charge in [0, 0.05) is 11.1 Å². The van der Waals surface area contributed by atoms with Gasteiger partial charge in [0.15, 0.2) is 0 Å². The van der Waals surface area contributed by atoms with E-state index in [0.29, 0.717) is 0 Å². The van der Waals surface area contributed by atoms with Gasteiger partial charge in [-0.25, -0.2) is 0 Å². The summed E-state index contributed by atoms with van der Waals surface area (Å²) in [5, 5.41) is 0. The molecule has 0 bridgehead atoms. The van der Waals surface area contributed by atoms with E-state index in [2.05, 4.69) is 43.3 Å². The summed E-state index contributed by atoms with van der Waals surface area (Å²) in [7, 11) is 0. The second-order valence-corrected chi connectivity index (χ2v) is 4.40. The Hall–Kier alpha value is -2.28. The molecule has 0 saturated heterocycles. The summed E-state index contributed by atoms with van der Waals surface area (Å²) in [5.41, 5.74) is 3.48. The molecular formula is C17H14O. The number of hydrogen-bond acceptors (Lipinski definition) is 1. The summed E-state index contributed by atoms with van der Waals surface area (Å²) in [5.74, 6) is 1.82. The molecule has 0 aliphatic rings. The lowest BCUT2D eigenvalue weighted by Crippen LogP contribution is -1.75. The molecule has 3 rings (SSSR count). The second-order valence-electron chi connectivity index (χ2n) is 4.40. The van der Waals surface area contributed by atoms with Gasteiger partial charge in [0.2, 0.25) is 0 Å². The van der Waals surface area contributed by atoms with Crippen LogP contribution in [0.15, 0.2) is 71.1 Å². The number of furan rings is 1. The average Bonchev–Trinajstić information content (AvgIpc) is 2.90. The summed E-state index contributed by atoms with van der Waals surface area (Å²) < 4.78 is 5.90. The molecule has 0 fully saturated rings. The van der Waals surface area contributed by atoms with Crippen LogP contribution in [-0.2, 0) is 0 Å². The fourth-order valence-electron chi connectivity index (χ4n) is 1.97. The van der Waals surface area contributed by atoms with Crippen molar-refractivity contribution < 1.29 is 4.42 Å². The Bertz CT molecular complexity index is 633. The van der Waals surface area contributed by atoms with Gasteiger partial charge >= 0.3 is 0 Å². The molecular weight excluding hydrogens is 220 g/mol. The van der Waals surface area contributed by atoms with Crippen molar-refractivity contribution in [2.75, 3.05) is 0 Å². The van der Waals surface area contributed by atoms with Gasteiger partial charge < -0.3 is 4.42 Å². The highest BCUT2D eigenvalue weighted by Crippen LogP contribution is 2.28. The van der Waals surface area contributed by atoms with Crippen LogP contribution in [0, 0.1) is 6.92 Å². The molecule has 0 amide bonds.